The quantitative estimate of drug-likeness (QED) is 0.786. The van der Waals surface area contributed by atoms with Crippen molar-refractivity contribution in [2.75, 3.05) is 0 Å². The van der Waals surface area contributed by atoms with Crippen LogP contribution in [0.25, 0.3) is 0 Å². The Morgan fingerprint density at radius 1 is 1.47 bits per heavy atom. The maximum atomic E-state index is 11.7. The van der Waals surface area contributed by atoms with Gasteiger partial charge in [-0.3, -0.25) is 0 Å². The van der Waals surface area contributed by atoms with E-state index >= 15 is 0 Å². The van der Waals surface area contributed by atoms with Gasteiger partial charge in [0.25, 0.3) is 0 Å². The minimum absolute atomic E-state index is 0.292. The van der Waals surface area contributed by atoms with Crippen LogP contribution in [0.15, 0.2) is 5.38 Å². The lowest BCUT2D eigenvalue weighted by molar-refractivity contribution is -0.141. The van der Waals surface area contributed by atoms with E-state index in [0.29, 0.717) is 6.54 Å². The summed E-state index contributed by atoms with van der Waals surface area (Å²) in [6, 6.07) is -1.44. The molecule has 0 aromatic carbocycles. The van der Waals surface area contributed by atoms with Gasteiger partial charge in [-0.2, -0.15) is 0 Å². The summed E-state index contributed by atoms with van der Waals surface area (Å²) in [4.78, 5) is 27.0. The molecule has 6 nitrogen and oxygen atoms in total. The Morgan fingerprint density at radius 3 is 2.53 bits per heavy atom. The molecule has 1 unspecified atom stereocenters. The van der Waals surface area contributed by atoms with Crippen LogP contribution in [0.3, 0.4) is 0 Å². The number of nitrogens with one attached hydrogen (secondary N) is 2. The van der Waals surface area contributed by atoms with Gasteiger partial charge < -0.3 is 15.7 Å². The summed E-state index contributed by atoms with van der Waals surface area (Å²) in [5, 5.41) is 16.8. The lowest BCUT2D eigenvalue weighted by atomic mass is 9.87. The van der Waals surface area contributed by atoms with Gasteiger partial charge in [-0.1, -0.05) is 20.8 Å². The van der Waals surface area contributed by atoms with Crippen LogP contribution in [0.1, 0.15) is 31.5 Å². The van der Waals surface area contributed by atoms with Gasteiger partial charge in [-0.05, 0) is 12.3 Å². The van der Waals surface area contributed by atoms with Gasteiger partial charge in [0.15, 0.2) is 0 Å². The summed E-state index contributed by atoms with van der Waals surface area (Å²) in [7, 11) is 0. The van der Waals surface area contributed by atoms with E-state index in [2.05, 4.69) is 15.6 Å². The Kier molecular flexibility index (Phi) is 4.88. The predicted molar refractivity (Wildman–Crippen MR) is 73.1 cm³/mol. The molecule has 1 heterocycles. The van der Waals surface area contributed by atoms with Crippen LogP contribution < -0.4 is 10.6 Å². The minimum Gasteiger partial charge on any atom is -0.480 e. The second-order valence-corrected chi connectivity index (χ2v) is 6.29. The van der Waals surface area contributed by atoms with E-state index in [1.54, 1.807) is 20.8 Å². The predicted octanol–water partition coefficient (Wildman–Crippen LogP) is 1.75. The number of carboxylic acid groups (broad SMARTS) is 1. The van der Waals surface area contributed by atoms with Crippen LogP contribution >= 0.6 is 11.3 Å². The van der Waals surface area contributed by atoms with Crippen molar-refractivity contribution in [1.29, 1.82) is 0 Å². The molecule has 1 aromatic heterocycles. The van der Waals surface area contributed by atoms with Crippen molar-refractivity contribution in [1.82, 2.24) is 15.6 Å². The molecule has 2 amide bonds. The number of aryl methyl sites for hydroxylation is 1. The number of thiazole rings is 1. The summed E-state index contributed by atoms with van der Waals surface area (Å²) < 4.78 is 0. The fourth-order valence-corrected chi connectivity index (χ4v) is 2.18. The summed E-state index contributed by atoms with van der Waals surface area (Å²) >= 11 is 1.45. The Morgan fingerprint density at radius 2 is 2.11 bits per heavy atom. The van der Waals surface area contributed by atoms with Gasteiger partial charge >= 0.3 is 12.0 Å². The maximum absolute atomic E-state index is 11.7. The molecule has 19 heavy (non-hydrogen) atoms. The van der Waals surface area contributed by atoms with E-state index in [4.69, 9.17) is 5.11 Å². The molecule has 0 aliphatic carbocycles. The van der Waals surface area contributed by atoms with E-state index in [0.717, 1.165) is 10.7 Å². The number of aromatic nitrogens is 1. The Balaban J connectivity index is 2.52. The van der Waals surface area contributed by atoms with Gasteiger partial charge in [-0.25, -0.2) is 14.6 Å². The molecule has 0 saturated heterocycles. The van der Waals surface area contributed by atoms with Crippen molar-refractivity contribution < 1.29 is 14.7 Å². The minimum atomic E-state index is -1.05. The van der Waals surface area contributed by atoms with Crippen LogP contribution in [-0.2, 0) is 11.3 Å². The third kappa shape index (κ3) is 4.86. The van der Waals surface area contributed by atoms with Gasteiger partial charge in [0, 0.05) is 11.1 Å². The highest BCUT2D eigenvalue weighted by Crippen LogP contribution is 2.19. The largest absolute Gasteiger partial charge is 0.480 e. The molecule has 0 bridgehead atoms. The molecule has 0 fully saturated rings. The van der Waals surface area contributed by atoms with Gasteiger partial charge in [0.05, 0.1) is 6.54 Å². The number of carbonyl (C=O) groups excluding carboxylic acids is 1. The van der Waals surface area contributed by atoms with E-state index < -0.39 is 23.5 Å². The molecular weight excluding hydrogens is 266 g/mol. The number of hydrogen-bond donors (Lipinski definition) is 3. The monoisotopic (exact) mass is 285 g/mol. The number of hydrogen-bond acceptors (Lipinski definition) is 4. The molecule has 0 spiro atoms. The summed E-state index contributed by atoms with van der Waals surface area (Å²) in [6.07, 6.45) is 0. The topological polar surface area (TPSA) is 91.3 Å². The molecule has 0 aliphatic heterocycles. The average molecular weight is 285 g/mol. The molecule has 106 valence electrons. The number of amides is 2. The third-order valence-corrected chi connectivity index (χ3v) is 3.42. The lowest BCUT2D eigenvalue weighted by Gasteiger charge is -2.27. The number of carboxylic acids is 1. The van der Waals surface area contributed by atoms with Crippen LogP contribution in [0, 0.1) is 12.3 Å². The Labute approximate surface area is 116 Å². The molecule has 1 aromatic rings. The number of nitrogens with zero attached hydrogens (tertiary/aromatic N) is 1. The van der Waals surface area contributed by atoms with Gasteiger partial charge in [-0.15, -0.1) is 11.3 Å². The van der Waals surface area contributed by atoms with E-state index in [9.17, 15) is 9.59 Å². The number of urea groups is 1. The van der Waals surface area contributed by atoms with E-state index in [1.165, 1.54) is 11.3 Å². The van der Waals surface area contributed by atoms with Gasteiger partial charge in [0.1, 0.15) is 11.0 Å². The summed E-state index contributed by atoms with van der Waals surface area (Å²) in [5.74, 6) is -1.05. The molecular formula is C12H19N3O3S. The standard InChI is InChI=1S/C12H19N3O3S/c1-7-6-19-8(14-7)5-13-11(18)15-9(10(16)17)12(2,3)4/h6,9H,5H2,1-4H3,(H,16,17)(H2,13,15,18). The Hall–Kier alpha value is -1.63. The van der Waals surface area contributed by atoms with Crippen LogP contribution in [0.5, 0.6) is 0 Å². The van der Waals surface area contributed by atoms with E-state index in [1.807, 2.05) is 12.3 Å². The summed E-state index contributed by atoms with van der Waals surface area (Å²) in [5.41, 5.74) is 0.348. The first-order valence-electron chi connectivity index (χ1n) is 5.88. The first kappa shape index (κ1) is 15.4. The molecule has 0 radical (unpaired) electrons. The fraction of sp³-hybridized carbons (Fsp3) is 0.583. The first-order chi connectivity index (χ1) is 8.70. The zero-order valence-corrected chi connectivity index (χ0v) is 12.3. The van der Waals surface area contributed by atoms with Gasteiger partial charge in [0.2, 0.25) is 0 Å². The normalized spacial score (nSPS) is 12.8. The summed E-state index contributed by atoms with van der Waals surface area (Å²) in [6.45, 7) is 7.45. The van der Waals surface area contributed by atoms with E-state index in [-0.39, 0.29) is 0 Å². The molecule has 1 atom stereocenters. The fourth-order valence-electron chi connectivity index (χ4n) is 1.47. The molecule has 1 rings (SSSR count). The average Bonchev–Trinajstić information content (AvgIpc) is 2.67. The highest BCUT2D eigenvalue weighted by atomic mass is 32.1. The van der Waals surface area contributed by atoms with Crippen molar-refractivity contribution in [3.8, 4) is 0 Å². The van der Waals surface area contributed by atoms with Crippen LogP contribution in [0.2, 0.25) is 0 Å². The SMILES string of the molecule is Cc1csc(CNC(=O)NC(C(=O)O)C(C)(C)C)n1. The molecule has 0 aliphatic rings. The third-order valence-electron chi connectivity index (χ3n) is 2.46. The molecule has 7 heteroatoms. The molecule has 0 saturated carbocycles. The Bertz CT molecular complexity index is 465. The van der Waals surface area contributed by atoms with Crippen molar-refractivity contribution in [3.05, 3.63) is 16.1 Å². The first-order valence-corrected chi connectivity index (χ1v) is 6.76. The lowest BCUT2D eigenvalue weighted by Crippen LogP contribution is -2.52. The van der Waals surface area contributed by atoms with Crippen molar-refractivity contribution >= 4 is 23.3 Å². The zero-order chi connectivity index (χ0) is 14.6. The second kappa shape index (κ2) is 6.01. The maximum Gasteiger partial charge on any atom is 0.326 e. The molecule has 3 N–H and O–H groups in total. The highest BCUT2D eigenvalue weighted by molar-refractivity contribution is 7.09. The highest BCUT2D eigenvalue weighted by Gasteiger charge is 2.32. The number of carbonyl (C=O) groups is 2. The van der Waals surface area contributed by atoms with Crippen molar-refractivity contribution in [2.45, 2.75) is 40.3 Å². The number of rotatable bonds is 4. The van der Waals surface area contributed by atoms with Crippen molar-refractivity contribution in [3.63, 3.8) is 0 Å². The van der Waals surface area contributed by atoms with Crippen LogP contribution in [0.4, 0.5) is 4.79 Å². The second-order valence-electron chi connectivity index (χ2n) is 5.35. The zero-order valence-electron chi connectivity index (χ0n) is 11.5. The smallest absolute Gasteiger partial charge is 0.326 e. The van der Waals surface area contributed by atoms with Crippen LogP contribution in [-0.4, -0.2) is 28.1 Å². The number of aliphatic carboxylic acids is 1. The van der Waals surface area contributed by atoms with Crippen molar-refractivity contribution in [2.24, 2.45) is 5.41 Å².